The van der Waals surface area contributed by atoms with Crippen LogP contribution in [0.4, 0.5) is 0 Å². The lowest BCUT2D eigenvalue weighted by Gasteiger charge is -2.07. The molecule has 0 rings (SSSR count). The molecule has 0 N–H and O–H groups in total. The Morgan fingerprint density at radius 2 is 1.00 bits per heavy atom. The maximum absolute atomic E-state index is 9.68. The second kappa shape index (κ2) is 17.3. The Bertz CT molecular complexity index is 177. The second-order valence-electron chi connectivity index (χ2n) is 3.37. The summed E-state index contributed by atoms with van der Waals surface area (Å²) in [6.07, 6.45) is 0. The molecule has 0 aromatic rings. The van der Waals surface area contributed by atoms with Crippen molar-refractivity contribution in [3.8, 4) is 0 Å². The molecule has 19 heavy (non-hydrogen) atoms. The van der Waals surface area contributed by atoms with E-state index < -0.39 is 0 Å². The molecule has 0 unspecified atom stereocenters. The predicted molar refractivity (Wildman–Crippen MR) is 66.8 cm³/mol. The predicted octanol–water partition coefficient (Wildman–Crippen LogP) is -0.217. The Morgan fingerprint density at radius 3 is 1.37 bits per heavy atom. The lowest BCUT2D eigenvalue weighted by atomic mass is 10.7. The van der Waals surface area contributed by atoms with E-state index in [-0.39, 0.29) is 6.61 Å². The number of methoxy groups -OCH3 is 1. The van der Waals surface area contributed by atoms with E-state index >= 15 is 0 Å². The molecule has 7 heteroatoms. The first-order chi connectivity index (χ1) is 9.41. The van der Waals surface area contributed by atoms with Crippen molar-refractivity contribution in [2.24, 2.45) is 0 Å². The van der Waals surface area contributed by atoms with Crippen LogP contribution < -0.4 is 0 Å². The molecule has 0 saturated heterocycles. The first-order valence-electron chi connectivity index (χ1n) is 6.20. The summed E-state index contributed by atoms with van der Waals surface area (Å²) in [4.78, 5) is 9.68. The van der Waals surface area contributed by atoms with Crippen LogP contribution in [0.2, 0.25) is 0 Å². The van der Waals surface area contributed by atoms with Gasteiger partial charge in [0.25, 0.3) is 0 Å². The molecule has 0 aliphatic carbocycles. The van der Waals surface area contributed by atoms with Crippen molar-refractivity contribution in [2.75, 3.05) is 73.2 Å². The topological polar surface area (TPSA) is 72.5 Å². The number of ether oxygens (including phenoxy) is 6. The SMILES string of the molecule is COCCOCCOCCOCCOCCO[C]=O. The molecule has 0 saturated carbocycles. The molecule has 0 aromatic heterocycles. The van der Waals surface area contributed by atoms with E-state index in [1.54, 1.807) is 7.11 Å². The number of hydrogen-bond donors (Lipinski definition) is 0. The van der Waals surface area contributed by atoms with E-state index in [0.29, 0.717) is 59.5 Å². The fraction of sp³-hybridized carbons (Fsp3) is 0.917. The summed E-state index contributed by atoms with van der Waals surface area (Å²) >= 11 is 0. The van der Waals surface area contributed by atoms with Crippen molar-refractivity contribution < 1.29 is 33.2 Å². The van der Waals surface area contributed by atoms with Crippen molar-refractivity contribution in [1.82, 2.24) is 0 Å². The molecule has 0 spiro atoms. The van der Waals surface area contributed by atoms with Gasteiger partial charge in [0.2, 0.25) is 0 Å². The average molecular weight is 279 g/mol. The molecule has 0 bridgehead atoms. The van der Waals surface area contributed by atoms with E-state index in [1.807, 2.05) is 0 Å². The third kappa shape index (κ3) is 17.3. The molecule has 0 amide bonds. The number of hydrogen-bond acceptors (Lipinski definition) is 7. The minimum Gasteiger partial charge on any atom is -0.455 e. The van der Waals surface area contributed by atoms with E-state index in [9.17, 15) is 4.79 Å². The molecule has 0 aliphatic heterocycles. The summed E-state index contributed by atoms with van der Waals surface area (Å²) in [7, 11) is 1.63. The second-order valence-corrected chi connectivity index (χ2v) is 3.37. The van der Waals surface area contributed by atoms with Crippen molar-refractivity contribution in [3.63, 3.8) is 0 Å². The molecular weight excluding hydrogens is 256 g/mol. The zero-order valence-corrected chi connectivity index (χ0v) is 11.4. The molecule has 0 aromatic carbocycles. The molecular formula is C12H23O7. The van der Waals surface area contributed by atoms with Gasteiger partial charge in [-0.2, -0.15) is 0 Å². The zero-order chi connectivity index (χ0) is 14.0. The average Bonchev–Trinajstić information content (AvgIpc) is 2.43. The van der Waals surface area contributed by atoms with Gasteiger partial charge in [-0.15, -0.1) is 0 Å². The fourth-order valence-electron chi connectivity index (χ4n) is 1.05. The third-order valence-electron chi connectivity index (χ3n) is 1.94. The zero-order valence-electron chi connectivity index (χ0n) is 11.4. The molecule has 0 atom stereocenters. The van der Waals surface area contributed by atoms with E-state index in [1.165, 1.54) is 6.47 Å². The first-order valence-corrected chi connectivity index (χ1v) is 6.20. The number of rotatable bonds is 16. The van der Waals surface area contributed by atoms with Crippen molar-refractivity contribution >= 4 is 6.47 Å². The van der Waals surface area contributed by atoms with E-state index in [0.717, 1.165) is 0 Å². The van der Waals surface area contributed by atoms with Gasteiger partial charge in [-0.05, 0) is 0 Å². The lowest BCUT2D eigenvalue weighted by Crippen LogP contribution is -2.13. The van der Waals surface area contributed by atoms with Gasteiger partial charge in [-0.1, -0.05) is 0 Å². The van der Waals surface area contributed by atoms with Crippen LogP contribution in [0.3, 0.4) is 0 Å². The lowest BCUT2D eigenvalue weighted by molar-refractivity contribution is -0.0101. The summed E-state index contributed by atoms with van der Waals surface area (Å²) in [5, 5.41) is 0. The quantitative estimate of drug-likeness (QED) is 0.362. The van der Waals surface area contributed by atoms with Gasteiger partial charge < -0.3 is 28.4 Å². The summed E-state index contributed by atoms with van der Waals surface area (Å²) in [5.74, 6) is 0. The Labute approximate surface area is 114 Å². The smallest absolute Gasteiger partial charge is 0.417 e. The molecule has 0 heterocycles. The first kappa shape index (κ1) is 18.3. The Balaban J connectivity index is 2.89. The van der Waals surface area contributed by atoms with Gasteiger partial charge in [0.15, 0.2) is 0 Å². The van der Waals surface area contributed by atoms with Crippen LogP contribution in [0.5, 0.6) is 0 Å². The Kier molecular flexibility index (Phi) is 16.6. The van der Waals surface area contributed by atoms with Gasteiger partial charge in [0, 0.05) is 7.11 Å². The van der Waals surface area contributed by atoms with Crippen LogP contribution in [0, 0.1) is 0 Å². The normalized spacial score (nSPS) is 10.6. The van der Waals surface area contributed by atoms with Crippen LogP contribution in [-0.4, -0.2) is 79.7 Å². The van der Waals surface area contributed by atoms with Crippen LogP contribution in [0.15, 0.2) is 0 Å². The summed E-state index contributed by atoms with van der Waals surface area (Å²) in [6, 6.07) is 0. The standard InChI is InChI=1S/C12H23O7/c1-14-2-3-15-4-5-16-6-7-17-8-9-18-10-11-19-12-13/h2-11H2,1H3. The van der Waals surface area contributed by atoms with Crippen molar-refractivity contribution in [3.05, 3.63) is 0 Å². The summed E-state index contributed by atoms with van der Waals surface area (Å²) in [5.41, 5.74) is 0. The highest BCUT2D eigenvalue weighted by molar-refractivity contribution is 5.37. The summed E-state index contributed by atoms with van der Waals surface area (Å²) in [6.45, 7) is 6.16. The van der Waals surface area contributed by atoms with Crippen molar-refractivity contribution in [1.29, 1.82) is 0 Å². The molecule has 7 nitrogen and oxygen atoms in total. The highest BCUT2D eigenvalue weighted by atomic mass is 16.6. The molecule has 1 radical (unpaired) electrons. The number of carbonyl (C=O) groups excluding carboxylic acids is 1. The largest absolute Gasteiger partial charge is 0.455 e. The third-order valence-corrected chi connectivity index (χ3v) is 1.94. The molecule has 113 valence electrons. The van der Waals surface area contributed by atoms with Crippen LogP contribution in [0.1, 0.15) is 0 Å². The van der Waals surface area contributed by atoms with Crippen LogP contribution in [-0.2, 0) is 33.2 Å². The molecule has 0 aliphatic rings. The van der Waals surface area contributed by atoms with Gasteiger partial charge in [0.1, 0.15) is 6.61 Å². The van der Waals surface area contributed by atoms with Crippen LogP contribution in [0.25, 0.3) is 0 Å². The van der Waals surface area contributed by atoms with Gasteiger partial charge >= 0.3 is 6.47 Å². The van der Waals surface area contributed by atoms with E-state index in [2.05, 4.69) is 4.74 Å². The van der Waals surface area contributed by atoms with Gasteiger partial charge in [0.05, 0.1) is 59.5 Å². The highest BCUT2D eigenvalue weighted by Gasteiger charge is 1.93. The minimum absolute atomic E-state index is 0.218. The maximum atomic E-state index is 9.68. The molecule has 0 fully saturated rings. The van der Waals surface area contributed by atoms with Gasteiger partial charge in [-0.3, -0.25) is 0 Å². The van der Waals surface area contributed by atoms with Crippen LogP contribution >= 0.6 is 0 Å². The summed E-state index contributed by atoms with van der Waals surface area (Å²) < 4.78 is 30.0. The minimum atomic E-state index is 0.218. The van der Waals surface area contributed by atoms with Crippen molar-refractivity contribution in [2.45, 2.75) is 0 Å². The highest BCUT2D eigenvalue weighted by Crippen LogP contribution is 1.83. The Morgan fingerprint density at radius 1 is 0.632 bits per heavy atom. The van der Waals surface area contributed by atoms with Gasteiger partial charge in [-0.25, -0.2) is 4.79 Å². The van der Waals surface area contributed by atoms with E-state index in [4.69, 9.17) is 23.7 Å². The monoisotopic (exact) mass is 279 g/mol. The maximum Gasteiger partial charge on any atom is 0.417 e. The Hall–Kier alpha value is -0.730. The fourth-order valence-corrected chi connectivity index (χ4v) is 1.05.